The Balaban J connectivity index is 2.77. The summed E-state index contributed by atoms with van der Waals surface area (Å²) in [5.41, 5.74) is 0.598. The summed E-state index contributed by atoms with van der Waals surface area (Å²) in [6.07, 6.45) is 2.79. The van der Waals surface area contributed by atoms with Crippen molar-refractivity contribution in [3.63, 3.8) is 0 Å². The summed E-state index contributed by atoms with van der Waals surface area (Å²) < 4.78 is 14.5. The molecular weight excluding hydrogens is 187 g/mol. The first-order valence-corrected chi connectivity index (χ1v) is 3.96. The van der Waals surface area contributed by atoms with Crippen molar-refractivity contribution in [2.75, 3.05) is 0 Å². The highest BCUT2D eigenvalue weighted by atomic mass is 19.1. The van der Waals surface area contributed by atoms with Gasteiger partial charge in [0.1, 0.15) is 11.5 Å². The molecule has 4 nitrogen and oxygen atoms in total. The van der Waals surface area contributed by atoms with Crippen LogP contribution in [0.1, 0.15) is 16.1 Å². The minimum absolute atomic E-state index is 0.0845. The number of carboxylic acid groups (broad SMARTS) is 1. The number of imidazole rings is 1. The van der Waals surface area contributed by atoms with Crippen molar-refractivity contribution in [2.45, 2.75) is 6.92 Å². The van der Waals surface area contributed by atoms with Crippen LogP contribution in [0.4, 0.5) is 4.39 Å². The van der Waals surface area contributed by atoms with Crippen LogP contribution < -0.4 is 0 Å². The van der Waals surface area contributed by atoms with Crippen LogP contribution in [0, 0.1) is 12.7 Å². The summed E-state index contributed by atoms with van der Waals surface area (Å²) in [5.74, 6) is -1.51. The zero-order chi connectivity index (χ0) is 10.3. The van der Waals surface area contributed by atoms with E-state index in [4.69, 9.17) is 5.11 Å². The molecule has 2 aromatic rings. The van der Waals surface area contributed by atoms with Crippen LogP contribution in [0.5, 0.6) is 0 Å². The van der Waals surface area contributed by atoms with E-state index in [1.54, 1.807) is 6.92 Å². The summed E-state index contributed by atoms with van der Waals surface area (Å²) in [6.45, 7) is 1.56. The van der Waals surface area contributed by atoms with Gasteiger partial charge in [-0.2, -0.15) is 0 Å². The van der Waals surface area contributed by atoms with E-state index in [9.17, 15) is 9.18 Å². The number of aromatic carboxylic acids is 1. The highest BCUT2D eigenvalue weighted by Crippen LogP contribution is 2.13. The molecule has 0 aliphatic carbocycles. The molecule has 0 fully saturated rings. The van der Waals surface area contributed by atoms with Gasteiger partial charge in [0.25, 0.3) is 0 Å². The number of carboxylic acids is 1. The number of halogens is 1. The topological polar surface area (TPSA) is 54.6 Å². The third-order valence-corrected chi connectivity index (χ3v) is 2.03. The third kappa shape index (κ3) is 1.14. The van der Waals surface area contributed by atoms with Crippen molar-refractivity contribution >= 4 is 11.6 Å². The highest BCUT2D eigenvalue weighted by Gasteiger charge is 2.11. The average Bonchev–Trinajstić information content (AvgIpc) is 2.56. The first kappa shape index (κ1) is 8.68. The zero-order valence-corrected chi connectivity index (χ0v) is 7.36. The Bertz CT molecular complexity index is 519. The Labute approximate surface area is 78.6 Å². The van der Waals surface area contributed by atoms with E-state index in [0.717, 1.165) is 0 Å². The fourth-order valence-electron chi connectivity index (χ4n) is 1.27. The molecule has 14 heavy (non-hydrogen) atoms. The SMILES string of the molecule is Cc1c(F)ccn2cc(C(=O)O)nc12. The average molecular weight is 194 g/mol. The molecule has 1 N–H and O–H groups in total. The fourth-order valence-corrected chi connectivity index (χ4v) is 1.27. The Morgan fingerprint density at radius 3 is 3.00 bits per heavy atom. The van der Waals surface area contributed by atoms with Gasteiger partial charge in [0.05, 0.1) is 0 Å². The molecule has 72 valence electrons. The van der Waals surface area contributed by atoms with Crippen LogP contribution >= 0.6 is 0 Å². The molecule has 0 bridgehead atoms. The molecule has 0 saturated carbocycles. The van der Waals surface area contributed by atoms with E-state index in [2.05, 4.69) is 4.98 Å². The molecule has 5 heteroatoms. The third-order valence-electron chi connectivity index (χ3n) is 2.03. The summed E-state index contributed by atoms with van der Waals surface area (Å²) >= 11 is 0. The Morgan fingerprint density at radius 1 is 1.64 bits per heavy atom. The van der Waals surface area contributed by atoms with Gasteiger partial charge in [0, 0.05) is 18.0 Å². The van der Waals surface area contributed by atoms with Crippen molar-refractivity contribution in [3.8, 4) is 0 Å². The largest absolute Gasteiger partial charge is 0.476 e. The molecule has 0 aliphatic heterocycles. The molecule has 0 amide bonds. The first-order valence-electron chi connectivity index (χ1n) is 3.96. The van der Waals surface area contributed by atoms with E-state index in [1.807, 2.05) is 0 Å². The number of aromatic nitrogens is 2. The number of hydrogen-bond acceptors (Lipinski definition) is 2. The van der Waals surface area contributed by atoms with Gasteiger partial charge in [-0.15, -0.1) is 0 Å². The van der Waals surface area contributed by atoms with Crippen LogP contribution in [-0.2, 0) is 0 Å². The smallest absolute Gasteiger partial charge is 0.356 e. The maximum atomic E-state index is 13.1. The molecule has 0 aliphatic rings. The molecule has 2 heterocycles. The number of hydrogen-bond donors (Lipinski definition) is 1. The second kappa shape index (κ2) is 2.80. The van der Waals surface area contributed by atoms with Crippen LogP contribution in [0.25, 0.3) is 5.65 Å². The lowest BCUT2D eigenvalue weighted by atomic mass is 10.3. The standard InChI is InChI=1S/C9H7FN2O2/c1-5-6(10)2-3-12-4-7(9(13)14)11-8(5)12/h2-4H,1H3,(H,13,14). The second-order valence-corrected chi connectivity index (χ2v) is 2.95. The predicted molar refractivity (Wildman–Crippen MR) is 46.8 cm³/mol. The minimum atomic E-state index is -1.12. The van der Waals surface area contributed by atoms with Gasteiger partial charge < -0.3 is 9.51 Å². The van der Waals surface area contributed by atoms with Crippen LogP contribution in [0.2, 0.25) is 0 Å². The maximum Gasteiger partial charge on any atom is 0.356 e. The summed E-state index contributed by atoms with van der Waals surface area (Å²) in [5, 5.41) is 8.68. The molecule has 2 rings (SSSR count). The van der Waals surface area contributed by atoms with Gasteiger partial charge in [0.2, 0.25) is 0 Å². The summed E-state index contributed by atoms with van der Waals surface area (Å²) in [6, 6.07) is 1.27. The van der Waals surface area contributed by atoms with Gasteiger partial charge in [-0.25, -0.2) is 14.2 Å². The minimum Gasteiger partial charge on any atom is -0.476 e. The zero-order valence-electron chi connectivity index (χ0n) is 7.36. The molecule has 0 saturated heterocycles. The van der Waals surface area contributed by atoms with Crippen molar-refractivity contribution in [2.24, 2.45) is 0 Å². The number of pyridine rings is 1. The van der Waals surface area contributed by atoms with Gasteiger partial charge in [0.15, 0.2) is 5.69 Å². The fraction of sp³-hybridized carbons (Fsp3) is 0.111. The molecule has 0 atom stereocenters. The summed E-state index contributed by atoms with van der Waals surface area (Å²) in [7, 11) is 0. The number of aryl methyl sites for hydroxylation is 1. The number of fused-ring (bicyclic) bond motifs is 1. The predicted octanol–water partition coefficient (Wildman–Crippen LogP) is 1.48. The quantitative estimate of drug-likeness (QED) is 0.748. The monoisotopic (exact) mass is 194 g/mol. The highest BCUT2D eigenvalue weighted by molar-refractivity contribution is 5.86. The molecule has 0 unspecified atom stereocenters. The molecular formula is C9H7FN2O2. The van der Waals surface area contributed by atoms with Gasteiger partial charge >= 0.3 is 5.97 Å². The Morgan fingerprint density at radius 2 is 2.36 bits per heavy atom. The van der Waals surface area contributed by atoms with Crippen molar-refractivity contribution in [3.05, 3.63) is 35.5 Å². The van der Waals surface area contributed by atoms with Crippen LogP contribution in [0.15, 0.2) is 18.5 Å². The summed E-state index contributed by atoms with van der Waals surface area (Å²) in [4.78, 5) is 14.4. The molecule has 2 aromatic heterocycles. The van der Waals surface area contributed by atoms with E-state index in [-0.39, 0.29) is 11.5 Å². The first-order chi connectivity index (χ1) is 6.59. The van der Waals surface area contributed by atoms with E-state index in [0.29, 0.717) is 11.2 Å². The van der Waals surface area contributed by atoms with Crippen LogP contribution in [0.3, 0.4) is 0 Å². The Kier molecular flexibility index (Phi) is 1.73. The Hall–Kier alpha value is -1.91. The molecule has 0 radical (unpaired) electrons. The second-order valence-electron chi connectivity index (χ2n) is 2.95. The van der Waals surface area contributed by atoms with Crippen LogP contribution in [-0.4, -0.2) is 20.5 Å². The van der Waals surface area contributed by atoms with Gasteiger partial charge in [-0.05, 0) is 13.0 Å². The number of rotatable bonds is 1. The van der Waals surface area contributed by atoms with E-state index < -0.39 is 5.97 Å². The maximum absolute atomic E-state index is 13.1. The number of carbonyl (C=O) groups is 1. The van der Waals surface area contributed by atoms with Gasteiger partial charge in [-0.3, -0.25) is 0 Å². The van der Waals surface area contributed by atoms with Crippen molar-refractivity contribution < 1.29 is 14.3 Å². The lowest BCUT2D eigenvalue weighted by Crippen LogP contribution is -1.95. The van der Waals surface area contributed by atoms with Crippen molar-refractivity contribution in [1.82, 2.24) is 9.38 Å². The lowest BCUT2D eigenvalue weighted by molar-refractivity contribution is 0.0691. The number of nitrogens with zero attached hydrogens (tertiary/aromatic N) is 2. The lowest BCUT2D eigenvalue weighted by Gasteiger charge is -1.97. The molecule has 0 aromatic carbocycles. The van der Waals surface area contributed by atoms with Gasteiger partial charge in [-0.1, -0.05) is 0 Å². The normalized spacial score (nSPS) is 10.7. The van der Waals surface area contributed by atoms with Crippen molar-refractivity contribution in [1.29, 1.82) is 0 Å². The van der Waals surface area contributed by atoms with E-state index >= 15 is 0 Å². The van der Waals surface area contributed by atoms with E-state index in [1.165, 1.54) is 22.9 Å². The molecule has 0 spiro atoms.